The number of nitrogens with one attached hydrogen (secondary N) is 1. The maximum Gasteiger partial charge on any atom is 0.409 e. The molecule has 1 aromatic heterocycles. The normalized spacial score (nSPS) is 17.9. The van der Waals surface area contributed by atoms with E-state index in [0.717, 1.165) is 11.3 Å². The Morgan fingerprint density at radius 3 is 2.38 bits per heavy atom. The summed E-state index contributed by atoms with van der Waals surface area (Å²) in [4.78, 5) is 59.8. The van der Waals surface area contributed by atoms with Gasteiger partial charge in [0.15, 0.2) is 0 Å². The smallest absolute Gasteiger partial charge is 0.409 e. The van der Waals surface area contributed by atoms with Crippen molar-refractivity contribution in [3.8, 4) is 11.3 Å². The lowest BCUT2D eigenvalue weighted by Crippen LogP contribution is -2.56. The number of anilines is 1. The van der Waals surface area contributed by atoms with Crippen LogP contribution >= 0.6 is 0 Å². The van der Waals surface area contributed by atoms with Crippen LogP contribution in [0, 0.1) is 0 Å². The number of amides is 3. The number of carboxylic acid groups (broad SMARTS) is 1. The minimum absolute atomic E-state index is 0.0815. The fraction of sp³-hybridized carbons (Fsp3) is 0.464. The predicted molar refractivity (Wildman–Crippen MR) is 146 cm³/mol. The topological polar surface area (TPSA) is 153 Å². The van der Waals surface area contributed by atoms with Gasteiger partial charge in [-0.05, 0) is 31.9 Å². The largest absolute Gasteiger partial charge is 0.481 e. The Hall–Kier alpha value is -4.19. The molecule has 2 aromatic rings. The molecule has 2 aliphatic heterocycles. The van der Waals surface area contributed by atoms with E-state index in [1.165, 1.54) is 9.80 Å². The van der Waals surface area contributed by atoms with Crippen LogP contribution in [0.5, 0.6) is 0 Å². The van der Waals surface area contributed by atoms with Gasteiger partial charge in [0.25, 0.3) is 5.91 Å². The molecule has 0 aliphatic carbocycles. The highest BCUT2D eigenvalue weighted by Gasteiger charge is 2.31. The Morgan fingerprint density at radius 2 is 1.75 bits per heavy atom. The van der Waals surface area contributed by atoms with Gasteiger partial charge in [0.2, 0.25) is 5.91 Å². The SMILES string of the molecule is CCOC(=O)N1CCN(C(=O)C(CCC(=O)O)NC(=O)c2cc(N3CCC(O)C3)cc(-c3ccccc3)n2)CC1. The Labute approximate surface area is 232 Å². The number of carbonyl (C=O) groups excluding carboxylic acids is 3. The molecule has 0 spiro atoms. The summed E-state index contributed by atoms with van der Waals surface area (Å²) in [5.74, 6) is -2.11. The molecule has 1 aromatic carbocycles. The van der Waals surface area contributed by atoms with Crippen LogP contribution in [0.25, 0.3) is 11.3 Å². The first-order valence-corrected chi connectivity index (χ1v) is 13.5. The zero-order chi connectivity index (χ0) is 28.6. The van der Waals surface area contributed by atoms with Gasteiger partial charge in [-0.3, -0.25) is 14.4 Å². The van der Waals surface area contributed by atoms with Crippen molar-refractivity contribution in [2.75, 3.05) is 50.8 Å². The Bertz CT molecular complexity index is 1220. The van der Waals surface area contributed by atoms with Crippen molar-refractivity contribution in [1.82, 2.24) is 20.1 Å². The van der Waals surface area contributed by atoms with E-state index in [4.69, 9.17) is 4.74 Å². The van der Waals surface area contributed by atoms with E-state index >= 15 is 0 Å². The highest BCUT2D eigenvalue weighted by Crippen LogP contribution is 2.27. The third-order valence-corrected chi connectivity index (χ3v) is 7.01. The molecule has 0 bridgehead atoms. The van der Waals surface area contributed by atoms with Gasteiger partial charge < -0.3 is 35.0 Å². The van der Waals surface area contributed by atoms with Crippen molar-refractivity contribution in [3.63, 3.8) is 0 Å². The zero-order valence-corrected chi connectivity index (χ0v) is 22.5. The van der Waals surface area contributed by atoms with Gasteiger partial charge in [0.05, 0.1) is 18.4 Å². The molecular weight excluding hydrogens is 518 g/mol. The van der Waals surface area contributed by atoms with Crippen molar-refractivity contribution < 1.29 is 34.1 Å². The second-order valence-corrected chi connectivity index (χ2v) is 9.82. The molecule has 0 saturated carbocycles. The maximum absolute atomic E-state index is 13.5. The summed E-state index contributed by atoms with van der Waals surface area (Å²) in [6, 6.07) is 11.8. The number of carbonyl (C=O) groups is 4. The molecule has 3 heterocycles. The zero-order valence-electron chi connectivity index (χ0n) is 22.5. The quantitative estimate of drug-likeness (QED) is 0.420. The number of aliphatic hydroxyl groups is 1. The van der Waals surface area contributed by atoms with Crippen molar-refractivity contribution in [2.45, 2.75) is 38.3 Å². The number of carboxylic acids is 1. The predicted octanol–water partition coefficient (Wildman–Crippen LogP) is 1.58. The molecule has 12 heteroatoms. The Morgan fingerprint density at radius 1 is 1.05 bits per heavy atom. The summed E-state index contributed by atoms with van der Waals surface area (Å²) in [5, 5.41) is 22.0. The number of nitrogens with zero attached hydrogens (tertiary/aromatic N) is 4. The fourth-order valence-corrected chi connectivity index (χ4v) is 4.85. The fourth-order valence-electron chi connectivity index (χ4n) is 4.85. The number of benzene rings is 1. The number of hydrogen-bond donors (Lipinski definition) is 3. The van der Waals surface area contributed by atoms with Gasteiger partial charge in [-0.25, -0.2) is 9.78 Å². The number of piperazine rings is 1. The lowest BCUT2D eigenvalue weighted by molar-refractivity contribution is -0.138. The average molecular weight is 554 g/mol. The first-order valence-electron chi connectivity index (χ1n) is 13.5. The molecule has 2 aliphatic rings. The summed E-state index contributed by atoms with van der Waals surface area (Å²) >= 11 is 0. The van der Waals surface area contributed by atoms with Gasteiger partial charge in [-0.15, -0.1) is 0 Å². The minimum Gasteiger partial charge on any atom is -0.481 e. The minimum atomic E-state index is -1.09. The number of aromatic nitrogens is 1. The van der Waals surface area contributed by atoms with Crippen LogP contribution < -0.4 is 10.2 Å². The molecule has 3 amide bonds. The van der Waals surface area contributed by atoms with Crippen LogP contribution in [0.4, 0.5) is 10.5 Å². The average Bonchev–Trinajstić information content (AvgIpc) is 3.41. The van der Waals surface area contributed by atoms with Crippen molar-refractivity contribution in [3.05, 3.63) is 48.2 Å². The van der Waals surface area contributed by atoms with E-state index in [1.54, 1.807) is 13.0 Å². The van der Waals surface area contributed by atoms with Gasteiger partial charge in [0.1, 0.15) is 11.7 Å². The van der Waals surface area contributed by atoms with Crippen LogP contribution in [0.15, 0.2) is 42.5 Å². The molecule has 2 unspecified atom stereocenters. The van der Waals surface area contributed by atoms with Crippen LogP contribution in [0.1, 0.15) is 36.7 Å². The molecule has 3 N–H and O–H groups in total. The lowest BCUT2D eigenvalue weighted by Gasteiger charge is -2.36. The van der Waals surface area contributed by atoms with Crippen molar-refractivity contribution >= 4 is 29.6 Å². The second kappa shape index (κ2) is 13.2. The van der Waals surface area contributed by atoms with Crippen LogP contribution in [0.2, 0.25) is 0 Å². The molecule has 214 valence electrons. The lowest BCUT2D eigenvalue weighted by atomic mass is 10.1. The summed E-state index contributed by atoms with van der Waals surface area (Å²) in [5.41, 5.74) is 2.17. The van der Waals surface area contributed by atoms with E-state index in [2.05, 4.69) is 10.3 Å². The Balaban J connectivity index is 1.54. The van der Waals surface area contributed by atoms with Crippen LogP contribution in [-0.4, -0.2) is 107 Å². The molecule has 40 heavy (non-hydrogen) atoms. The molecule has 12 nitrogen and oxygen atoms in total. The highest BCUT2D eigenvalue weighted by atomic mass is 16.6. The number of rotatable bonds is 9. The molecule has 2 fully saturated rings. The number of aliphatic carboxylic acids is 1. The summed E-state index contributed by atoms with van der Waals surface area (Å²) in [7, 11) is 0. The number of ether oxygens (including phenoxy) is 1. The first-order chi connectivity index (χ1) is 19.2. The Kier molecular flexibility index (Phi) is 9.54. The van der Waals surface area contributed by atoms with E-state index in [9.17, 15) is 29.4 Å². The van der Waals surface area contributed by atoms with Gasteiger partial charge >= 0.3 is 12.1 Å². The number of aliphatic hydroxyl groups excluding tert-OH is 1. The molecule has 0 radical (unpaired) electrons. The van der Waals surface area contributed by atoms with E-state index in [0.29, 0.717) is 25.2 Å². The van der Waals surface area contributed by atoms with Gasteiger partial charge in [-0.1, -0.05) is 30.3 Å². The van der Waals surface area contributed by atoms with Crippen LogP contribution in [0.3, 0.4) is 0 Å². The first kappa shape index (κ1) is 28.8. The number of pyridine rings is 1. The summed E-state index contributed by atoms with van der Waals surface area (Å²) < 4.78 is 5.02. The molecule has 2 saturated heterocycles. The van der Waals surface area contributed by atoms with E-state index in [-0.39, 0.29) is 51.3 Å². The van der Waals surface area contributed by atoms with E-state index in [1.807, 2.05) is 41.3 Å². The van der Waals surface area contributed by atoms with Crippen molar-refractivity contribution in [2.24, 2.45) is 0 Å². The van der Waals surface area contributed by atoms with E-state index < -0.39 is 36.0 Å². The number of hydrogen-bond acceptors (Lipinski definition) is 8. The molecular formula is C28H35N5O7. The summed E-state index contributed by atoms with van der Waals surface area (Å²) in [6.45, 7) is 4.04. The second-order valence-electron chi connectivity index (χ2n) is 9.82. The standard InChI is InChI=1S/C28H35N5O7/c1-2-40-28(39)32-14-12-31(13-15-32)27(38)22(8-9-25(35)36)30-26(37)24-17-20(33-11-10-21(34)18-33)16-23(29-24)19-6-4-3-5-7-19/h3-7,16-17,21-22,34H,2,8-15,18H2,1H3,(H,30,37)(H,35,36). The van der Waals surface area contributed by atoms with Gasteiger partial charge in [-0.2, -0.15) is 0 Å². The highest BCUT2D eigenvalue weighted by molar-refractivity contribution is 5.97. The van der Waals surface area contributed by atoms with Crippen LogP contribution in [-0.2, 0) is 14.3 Å². The third kappa shape index (κ3) is 7.26. The molecule has 2 atom stereocenters. The monoisotopic (exact) mass is 553 g/mol. The molecule has 4 rings (SSSR count). The summed E-state index contributed by atoms with van der Waals surface area (Å²) in [6.07, 6.45) is -0.709. The van der Waals surface area contributed by atoms with Crippen molar-refractivity contribution in [1.29, 1.82) is 0 Å². The maximum atomic E-state index is 13.5. The third-order valence-electron chi connectivity index (χ3n) is 7.01. The van der Waals surface area contributed by atoms with Gasteiger partial charge in [0, 0.05) is 56.9 Å². The number of β-amino-alcohol motifs (C(OH)–C–C–N with tert-alkyl or cyclic N) is 1.